The van der Waals surface area contributed by atoms with Gasteiger partial charge in [-0.05, 0) is 30.2 Å². The summed E-state index contributed by atoms with van der Waals surface area (Å²) in [5, 5.41) is 7.48. The van der Waals surface area contributed by atoms with Gasteiger partial charge in [-0.25, -0.2) is 4.68 Å². The molecule has 0 radical (unpaired) electrons. The lowest BCUT2D eigenvalue weighted by molar-refractivity contribution is -0.126. The third-order valence-corrected chi connectivity index (χ3v) is 5.63. The van der Waals surface area contributed by atoms with Crippen LogP contribution in [0.2, 0.25) is 0 Å². The Morgan fingerprint density at radius 1 is 1.04 bits per heavy atom. The average Bonchev–Trinajstić information content (AvgIpc) is 3.24. The molecular formula is C22H20N4O2. The summed E-state index contributed by atoms with van der Waals surface area (Å²) < 4.78 is 1.70. The first-order valence-corrected chi connectivity index (χ1v) is 9.52. The SMILES string of the molecule is CCCN1C(=O)C2(CC(=O)Nc3c2cnn3-c2ccccc2)c2ccccc21. The van der Waals surface area contributed by atoms with Crippen LogP contribution in [0.1, 0.15) is 30.9 Å². The van der Waals surface area contributed by atoms with Gasteiger partial charge in [-0.2, -0.15) is 5.10 Å². The molecule has 1 unspecified atom stereocenters. The summed E-state index contributed by atoms with van der Waals surface area (Å²) in [7, 11) is 0. The van der Waals surface area contributed by atoms with Gasteiger partial charge in [-0.3, -0.25) is 9.59 Å². The second kappa shape index (κ2) is 6.05. The van der Waals surface area contributed by atoms with E-state index in [-0.39, 0.29) is 18.2 Å². The average molecular weight is 372 g/mol. The van der Waals surface area contributed by atoms with E-state index in [0.717, 1.165) is 28.9 Å². The Bertz CT molecular complexity index is 1090. The maximum atomic E-state index is 13.7. The lowest BCUT2D eigenvalue weighted by Gasteiger charge is -2.32. The van der Waals surface area contributed by atoms with Gasteiger partial charge >= 0.3 is 0 Å². The summed E-state index contributed by atoms with van der Waals surface area (Å²) in [6, 6.07) is 17.4. The number of carbonyl (C=O) groups is 2. The number of carbonyl (C=O) groups excluding carboxylic acids is 2. The van der Waals surface area contributed by atoms with Crippen molar-refractivity contribution in [3.8, 4) is 5.69 Å². The number of para-hydroxylation sites is 2. The van der Waals surface area contributed by atoms with Gasteiger partial charge in [0.15, 0.2) is 0 Å². The largest absolute Gasteiger partial charge is 0.311 e. The number of hydrogen-bond donors (Lipinski definition) is 1. The molecule has 0 aliphatic carbocycles. The van der Waals surface area contributed by atoms with E-state index in [1.165, 1.54) is 0 Å². The van der Waals surface area contributed by atoms with Gasteiger partial charge in [-0.1, -0.05) is 43.3 Å². The molecule has 1 aromatic heterocycles. The second-order valence-corrected chi connectivity index (χ2v) is 7.26. The minimum absolute atomic E-state index is 0.0424. The smallest absolute Gasteiger partial charge is 0.242 e. The van der Waals surface area contributed by atoms with Crippen LogP contribution in [-0.4, -0.2) is 28.1 Å². The van der Waals surface area contributed by atoms with E-state index in [1.807, 2.05) is 66.4 Å². The fraction of sp³-hybridized carbons (Fsp3) is 0.227. The minimum atomic E-state index is -1.02. The molecule has 28 heavy (non-hydrogen) atoms. The quantitative estimate of drug-likeness (QED) is 0.767. The zero-order valence-electron chi connectivity index (χ0n) is 15.6. The molecule has 6 nitrogen and oxygen atoms in total. The van der Waals surface area contributed by atoms with Crippen molar-refractivity contribution in [3.05, 3.63) is 71.9 Å². The predicted molar refractivity (Wildman–Crippen MR) is 107 cm³/mol. The van der Waals surface area contributed by atoms with Gasteiger partial charge in [0.05, 0.1) is 11.9 Å². The van der Waals surface area contributed by atoms with Gasteiger partial charge in [-0.15, -0.1) is 0 Å². The highest BCUT2D eigenvalue weighted by molar-refractivity contribution is 6.15. The number of hydrogen-bond acceptors (Lipinski definition) is 3. The number of nitrogens with zero attached hydrogens (tertiary/aromatic N) is 3. The zero-order valence-corrected chi connectivity index (χ0v) is 15.6. The van der Waals surface area contributed by atoms with Crippen molar-refractivity contribution in [1.82, 2.24) is 9.78 Å². The lowest BCUT2D eigenvalue weighted by atomic mass is 9.72. The van der Waals surface area contributed by atoms with Crippen molar-refractivity contribution in [2.45, 2.75) is 25.2 Å². The standard InChI is InChI=1S/C22H20N4O2/c1-2-12-25-18-11-7-6-10-16(18)22(21(25)28)13-19(27)24-20-17(22)14-23-26(20)15-8-4-3-5-9-15/h3-11,14H,2,12-13H2,1H3,(H,24,27). The van der Waals surface area contributed by atoms with Gasteiger partial charge < -0.3 is 10.2 Å². The van der Waals surface area contributed by atoms with Crippen LogP contribution in [0.4, 0.5) is 11.5 Å². The van der Waals surface area contributed by atoms with Crippen LogP contribution in [0, 0.1) is 0 Å². The summed E-state index contributed by atoms with van der Waals surface area (Å²) in [5.41, 5.74) is 2.35. The number of amides is 2. The van der Waals surface area contributed by atoms with E-state index in [4.69, 9.17) is 0 Å². The Labute approximate surface area is 162 Å². The van der Waals surface area contributed by atoms with E-state index in [9.17, 15) is 9.59 Å². The number of nitrogens with one attached hydrogen (secondary N) is 1. The van der Waals surface area contributed by atoms with Crippen LogP contribution in [0.3, 0.4) is 0 Å². The van der Waals surface area contributed by atoms with Crippen LogP contribution in [0.5, 0.6) is 0 Å². The summed E-state index contributed by atoms with van der Waals surface area (Å²) in [4.78, 5) is 28.3. The van der Waals surface area contributed by atoms with E-state index < -0.39 is 5.41 Å². The highest BCUT2D eigenvalue weighted by Gasteiger charge is 2.56. The van der Waals surface area contributed by atoms with Crippen LogP contribution in [0.25, 0.3) is 5.69 Å². The van der Waals surface area contributed by atoms with Gasteiger partial charge in [0.1, 0.15) is 11.2 Å². The number of anilines is 2. The number of aromatic nitrogens is 2. The molecule has 0 fully saturated rings. The van der Waals surface area contributed by atoms with Crippen LogP contribution in [0.15, 0.2) is 60.8 Å². The molecule has 2 aliphatic heterocycles. The molecule has 2 aliphatic rings. The Balaban J connectivity index is 1.76. The van der Waals surface area contributed by atoms with Crippen molar-refractivity contribution in [3.63, 3.8) is 0 Å². The lowest BCUT2D eigenvalue weighted by Crippen LogP contribution is -2.46. The third-order valence-electron chi connectivity index (χ3n) is 5.63. The van der Waals surface area contributed by atoms with Crippen molar-refractivity contribution in [1.29, 1.82) is 0 Å². The highest BCUT2D eigenvalue weighted by Crippen LogP contribution is 2.52. The fourth-order valence-electron chi connectivity index (χ4n) is 4.46. The minimum Gasteiger partial charge on any atom is -0.311 e. The maximum Gasteiger partial charge on any atom is 0.242 e. The molecule has 0 saturated heterocycles. The fourth-order valence-corrected chi connectivity index (χ4v) is 4.46. The van der Waals surface area contributed by atoms with Crippen molar-refractivity contribution in [2.24, 2.45) is 0 Å². The molecular weight excluding hydrogens is 352 g/mol. The molecule has 3 aromatic rings. The van der Waals surface area contributed by atoms with Crippen LogP contribution in [-0.2, 0) is 15.0 Å². The normalized spacial score (nSPS) is 20.2. The Morgan fingerprint density at radius 3 is 2.57 bits per heavy atom. The topological polar surface area (TPSA) is 67.2 Å². The first-order valence-electron chi connectivity index (χ1n) is 9.52. The Hall–Kier alpha value is -3.41. The monoisotopic (exact) mass is 372 g/mol. The first kappa shape index (κ1) is 16.7. The Kier molecular flexibility index (Phi) is 3.62. The van der Waals surface area contributed by atoms with Gasteiger partial charge in [0.2, 0.25) is 11.8 Å². The summed E-state index contributed by atoms with van der Waals surface area (Å²) in [5.74, 6) is 0.356. The molecule has 0 saturated carbocycles. The summed E-state index contributed by atoms with van der Waals surface area (Å²) >= 11 is 0. The van der Waals surface area contributed by atoms with Crippen molar-refractivity contribution >= 4 is 23.3 Å². The second-order valence-electron chi connectivity index (χ2n) is 7.26. The number of benzene rings is 2. The van der Waals surface area contributed by atoms with Crippen LogP contribution >= 0.6 is 0 Å². The molecule has 140 valence electrons. The molecule has 2 amide bonds. The maximum absolute atomic E-state index is 13.7. The molecule has 3 heterocycles. The summed E-state index contributed by atoms with van der Waals surface area (Å²) in [6.45, 7) is 2.68. The summed E-state index contributed by atoms with van der Waals surface area (Å²) in [6.07, 6.45) is 2.67. The Morgan fingerprint density at radius 2 is 1.79 bits per heavy atom. The zero-order chi connectivity index (χ0) is 19.3. The van der Waals surface area contributed by atoms with E-state index >= 15 is 0 Å². The molecule has 0 bridgehead atoms. The predicted octanol–water partition coefficient (Wildman–Crippen LogP) is 3.26. The first-order chi connectivity index (χ1) is 13.7. The molecule has 6 heteroatoms. The number of fused-ring (bicyclic) bond motifs is 4. The van der Waals surface area contributed by atoms with Crippen LogP contribution < -0.4 is 10.2 Å². The molecule has 1 atom stereocenters. The molecule has 1 spiro atoms. The third kappa shape index (κ3) is 2.11. The molecule has 5 rings (SSSR count). The van der Waals surface area contributed by atoms with Crippen molar-refractivity contribution < 1.29 is 9.59 Å². The number of rotatable bonds is 3. The van der Waals surface area contributed by atoms with Gasteiger partial charge in [0.25, 0.3) is 0 Å². The van der Waals surface area contributed by atoms with Gasteiger partial charge in [0, 0.05) is 24.2 Å². The van der Waals surface area contributed by atoms with E-state index in [2.05, 4.69) is 10.4 Å². The van der Waals surface area contributed by atoms with E-state index in [1.54, 1.807) is 10.9 Å². The highest BCUT2D eigenvalue weighted by atomic mass is 16.2. The van der Waals surface area contributed by atoms with E-state index in [0.29, 0.717) is 12.4 Å². The molecule has 2 aromatic carbocycles. The van der Waals surface area contributed by atoms with Crippen molar-refractivity contribution in [2.75, 3.05) is 16.8 Å². The molecule has 1 N–H and O–H groups in total.